The number of carboxylic acids is 1. The fourth-order valence-electron chi connectivity index (χ4n) is 4.30. The summed E-state index contributed by atoms with van der Waals surface area (Å²) in [5, 5.41) is 10.2. The lowest BCUT2D eigenvalue weighted by Crippen LogP contribution is -2.35. The molecule has 2 heterocycles. The molecule has 1 amide bonds. The van der Waals surface area contributed by atoms with E-state index in [-0.39, 0.29) is 5.91 Å². The lowest BCUT2D eigenvalue weighted by molar-refractivity contribution is -0.148. The Morgan fingerprint density at radius 2 is 1.79 bits per heavy atom. The molecule has 2 aromatic carbocycles. The number of carbonyl (C=O) groups excluding carboxylic acids is 1. The van der Waals surface area contributed by atoms with Gasteiger partial charge in [0.15, 0.2) is 0 Å². The van der Waals surface area contributed by atoms with Crippen molar-refractivity contribution in [3.8, 4) is 0 Å². The first-order chi connectivity index (χ1) is 13.9. The molecule has 0 radical (unpaired) electrons. The molecule has 1 N–H and O–H groups in total. The predicted octanol–water partition coefficient (Wildman–Crippen LogP) is 4.62. The van der Waals surface area contributed by atoms with Crippen LogP contribution in [0.2, 0.25) is 5.02 Å². The molecule has 1 fully saturated rings. The molecule has 5 nitrogen and oxygen atoms in total. The van der Waals surface area contributed by atoms with Crippen molar-refractivity contribution < 1.29 is 14.7 Å². The number of para-hydroxylation sites is 1. The fraction of sp³-hybridized carbons (Fsp3) is 0.391. The highest BCUT2D eigenvalue weighted by Gasteiger charge is 2.38. The third-order valence-corrected chi connectivity index (χ3v) is 6.48. The van der Waals surface area contributed by atoms with Crippen LogP contribution >= 0.6 is 11.6 Å². The molecule has 4 rings (SSSR count). The Balaban J connectivity index is 1.67. The minimum Gasteiger partial charge on any atom is -0.481 e. The van der Waals surface area contributed by atoms with E-state index in [0.717, 1.165) is 30.0 Å². The molecule has 1 atom stereocenters. The van der Waals surface area contributed by atoms with E-state index >= 15 is 0 Å². The molecule has 0 bridgehead atoms. The van der Waals surface area contributed by atoms with E-state index in [9.17, 15) is 14.7 Å². The Morgan fingerprint density at radius 3 is 2.48 bits per heavy atom. The van der Waals surface area contributed by atoms with Gasteiger partial charge in [0.2, 0.25) is 0 Å². The molecule has 6 heteroatoms. The van der Waals surface area contributed by atoms with E-state index < -0.39 is 11.4 Å². The molecule has 0 saturated carbocycles. The smallest absolute Gasteiger partial charge is 0.309 e. The van der Waals surface area contributed by atoms with Gasteiger partial charge in [-0.2, -0.15) is 0 Å². The molecule has 1 saturated heterocycles. The number of benzene rings is 2. The average Bonchev–Trinajstić information content (AvgIpc) is 3.18. The van der Waals surface area contributed by atoms with Gasteiger partial charge in [0.05, 0.1) is 16.0 Å². The first-order valence-electron chi connectivity index (χ1n) is 10.1. The zero-order chi connectivity index (χ0) is 20.6. The zero-order valence-electron chi connectivity index (χ0n) is 16.5. The van der Waals surface area contributed by atoms with Crippen molar-refractivity contribution in [3.63, 3.8) is 0 Å². The molecule has 2 aliphatic heterocycles. The van der Waals surface area contributed by atoms with Gasteiger partial charge in [0.1, 0.15) is 0 Å². The Bertz CT molecular complexity index is 955. The summed E-state index contributed by atoms with van der Waals surface area (Å²) in [4.78, 5) is 29.3. The highest BCUT2D eigenvalue weighted by molar-refractivity contribution is 6.34. The Morgan fingerprint density at radius 1 is 1.07 bits per heavy atom. The van der Waals surface area contributed by atoms with E-state index in [0.29, 0.717) is 30.0 Å². The SMILES string of the molecule is CC1(C(=O)O)CCN(C(=O)c2ccc(N3CCCC3)cc2Cl)c2ccccc2C1. The summed E-state index contributed by atoms with van der Waals surface area (Å²) >= 11 is 6.53. The molecule has 0 aromatic heterocycles. The van der Waals surface area contributed by atoms with Gasteiger partial charge in [-0.05, 0) is 62.4 Å². The Hall–Kier alpha value is -2.53. The van der Waals surface area contributed by atoms with Crippen molar-refractivity contribution in [2.45, 2.75) is 32.6 Å². The average molecular weight is 413 g/mol. The maximum Gasteiger partial charge on any atom is 0.309 e. The number of hydrogen-bond acceptors (Lipinski definition) is 3. The van der Waals surface area contributed by atoms with Crippen molar-refractivity contribution in [1.82, 2.24) is 0 Å². The number of anilines is 2. The maximum atomic E-state index is 13.4. The second-order valence-electron chi connectivity index (χ2n) is 8.24. The number of carboxylic acid groups (broad SMARTS) is 1. The number of halogens is 1. The number of amides is 1. The second kappa shape index (κ2) is 7.71. The number of nitrogens with zero attached hydrogens (tertiary/aromatic N) is 2. The number of fused-ring (bicyclic) bond motifs is 1. The molecule has 29 heavy (non-hydrogen) atoms. The van der Waals surface area contributed by atoms with E-state index in [4.69, 9.17) is 11.6 Å². The second-order valence-corrected chi connectivity index (χ2v) is 8.64. The molecule has 2 aromatic rings. The lowest BCUT2D eigenvalue weighted by atomic mass is 9.81. The van der Waals surface area contributed by atoms with Crippen molar-refractivity contribution in [3.05, 3.63) is 58.6 Å². The van der Waals surface area contributed by atoms with Gasteiger partial charge in [0.25, 0.3) is 5.91 Å². The molecule has 2 aliphatic rings. The molecular weight excluding hydrogens is 388 g/mol. The van der Waals surface area contributed by atoms with Crippen LogP contribution in [0, 0.1) is 5.41 Å². The van der Waals surface area contributed by atoms with Crippen molar-refractivity contribution in [2.24, 2.45) is 5.41 Å². The minimum absolute atomic E-state index is 0.190. The van der Waals surface area contributed by atoms with Crippen molar-refractivity contribution >= 4 is 34.9 Å². The van der Waals surface area contributed by atoms with Gasteiger partial charge in [-0.25, -0.2) is 0 Å². The van der Waals surface area contributed by atoms with E-state index in [2.05, 4.69) is 4.90 Å². The molecule has 152 valence electrons. The Labute approximate surface area is 175 Å². The normalized spacial score (nSPS) is 21.6. The third kappa shape index (κ3) is 3.71. The van der Waals surface area contributed by atoms with Crippen LogP contribution in [0.5, 0.6) is 0 Å². The number of carbonyl (C=O) groups is 2. The van der Waals surface area contributed by atoms with Gasteiger partial charge in [0, 0.05) is 31.0 Å². The van der Waals surface area contributed by atoms with Crippen LogP contribution in [0.3, 0.4) is 0 Å². The van der Waals surface area contributed by atoms with E-state index in [1.54, 1.807) is 17.9 Å². The summed E-state index contributed by atoms with van der Waals surface area (Å²) in [5.74, 6) is -1.03. The first kappa shape index (κ1) is 19.8. The summed E-state index contributed by atoms with van der Waals surface area (Å²) in [6, 6.07) is 13.2. The quantitative estimate of drug-likeness (QED) is 0.798. The predicted molar refractivity (Wildman–Crippen MR) is 115 cm³/mol. The van der Waals surface area contributed by atoms with Gasteiger partial charge in [-0.15, -0.1) is 0 Å². The summed E-state index contributed by atoms with van der Waals surface area (Å²) in [6.07, 6.45) is 3.12. The van der Waals surface area contributed by atoms with Gasteiger partial charge >= 0.3 is 5.97 Å². The van der Waals surface area contributed by atoms with Gasteiger partial charge in [-0.3, -0.25) is 9.59 Å². The number of hydrogen-bond donors (Lipinski definition) is 1. The van der Waals surface area contributed by atoms with Crippen LogP contribution < -0.4 is 9.80 Å². The zero-order valence-corrected chi connectivity index (χ0v) is 17.3. The van der Waals surface area contributed by atoms with Crippen LogP contribution in [-0.2, 0) is 11.2 Å². The van der Waals surface area contributed by atoms with E-state index in [1.807, 2.05) is 36.4 Å². The van der Waals surface area contributed by atoms with Crippen LogP contribution in [0.4, 0.5) is 11.4 Å². The first-order valence-corrected chi connectivity index (χ1v) is 10.4. The molecule has 1 unspecified atom stereocenters. The highest BCUT2D eigenvalue weighted by Crippen LogP contribution is 2.37. The minimum atomic E-state index is -0.908. The standard InChI is InChI=1S/C23H25ClN2O3/c1-23(22(28)29)10-13-26(20-7-3-2-6-16(20)15-23)21(27)18-9-8-17(14-19(18)24)25-11-4-5-12-25/h2-3,6-9,14H,4-5,10-13,15H2,1H3,(H,28,29). The molecule has 0 aliphatic carbocycles. The maximum absolute atomic E-state index is 13.4. The topological polar surface area (TPSA) is 60.9 Å². The van der Waals surface area contributed by atoms with Crippen LogP contribution in [0.25, 0.3) is 0 Å². The Kier molecular flexibility index (Phi) is 5.26. The van der Waals surface area contributed by atoms with E-state index in [1.165, 1.54) is 12.8 Å². The number of aliphatic carboxylic acids is 1. The van der Waals surface area contributed by atoms with Gasteiger partial charge in [-0.1, -0.05) is 29.8 Å². The monoisotopic (exact) mass is 412 g/mol. The largest absolute Gasteiger partial charge is 0.481 e. The van der Waals surface area contributed by atoms with Crippen LogP contribution in [-0.4, -0.2) is 36.6 Å². The summed E-state index contributed by atoms with van der Waals surface area (Å²) < 4.78 is 0. The van der Waals surface area contributed by atoms with Gasteiger partial charge < -0.3 is 14.9 Å². The van der Waals surface area contributed by atoms with Crippen LogP contribution in [0.15, 0.2) is 42.5 Å². The number of rotatable bonds is 3. The molecule has 0 spiro atoms. The fourth-order valence-corrected chi connectivity index (χ4v) is 4.56. The summed E-state index contributed by atoms with van der Waals surface area (Å²) in [5.41, 5.74) is 2.21. The summed E-state index contributed by atoms with van der Waals surface area (Å²) in [6.45, 7) is 4.11. The van der Waals surface area contributed by atoms with Crippen LogP contribution in [0.1, 0.15) is 42.1 Å². The lowest BCUT2D eigenvalue weighted by Gasteiger charge is -2.25. The molecular formula is C23H25ClN2O3. The third-order valence-electron chi connectivity index (χ3n) is 6.17. The van der Waals surface area contributed by atoms with Crippen molar-refractivity contribution in [2.75, 3.05) is 29.4 Å². The summed E-state index contributed by atoms with van der Waals surface area (Å²) in [7, 11) is 0. The highest BCUT2D eigenvalue weighted by atomic mass is 35.5. The van der Waals surface area contributed by atoms with Crippen molar-refractivity contribution in [1.29, 1.82) is 0 Å².